The third-order valence-electron chi connectivity index (χ3n) is 5.08. The standard InChI is InChI=1S/C22H24ClO4P/c1-2-3-19-28(27-23(24,25)26,20-13-7-4-8-14-20,21-15-9-5-10-16-21)22-17-11-6-12-18-22/h4-18H,2-3,19H2,1H3. The van der Waals surface area contributed by atoms with Crippen molar-refractivity contribution in [3.05, 3.63) is 91.0 Å². The zero-order valence-corrected chi connectivity index (χ0v) is 17.4. The molecule has 0 heterocycles. The molecule has 0 aliphatic rings. The van der Waals surface area contributed by atoms with Crippen molar-refractivity contribution >= 4 is 22.7 Å². The van der Waals surface area contributed by atoms with Crippen molar-refractivity contribution in [1.82, 2.24) is 0 Å². The number of rotatable bonds is 8. The van der Waals surface area contributed by atoms with E-state index in [0.29, 0.717) is 12.6 Å². The Labute approximate surface area is 168 Å². The predicted octanol–water partition coefficient (Wildman–Crippen LogP) is 1.15. The van der Waals surface area contributed by atoms with Crippen LogP contribution in [0.3, 0.4) is 0 Å². The van der Waals surface area contributed by atoms with E-state index in [-0.39, 0.29) is 0 Å². The molecule has 0 atom stereocenters. The summed E-state index contributed by atoms with van der Waals surface area (Å²) in [6.07, 6.45) is 1.97. The van der Waals surface area contributed by atoms with Crippen LogP contribution in [0.15, 0.2) is 91.0 Å². The molecular formula is C22H24ClO4P. The summed E-state index contributed by atoms with van der Waals surface area (Å²) in [5, 5.41) is 2.18. The first-order chi connectivity index (χ1) is 13.4. The van der Waals surface area contributed by atoms with Gasteiger partial charge in [-0.2, -0.15) is 0 Å². The second-order valence-corrected chi connectivity index (χ2v) is 12.5. The molecule has 0 N–H and O–H groups in total. The van der Waals surface area contributed by atoms with Crippen molar-refractivity contribution in [2.45, 2.75) is 19.8 Å². The Hall–Kier alpha value is -1.78. The van der Waals surface area contributed by atoms with Crippen LogP contribution in [0.25, 0.3) is 0 Å². The van der Waals surface area contributed by atoms with E-state index in [2.05, 4.69) is 0 Å². The number of unbranched alkanes of at least 4 members (excludes halogenated alkanes) is 1. The van der Waals surface area contributed by atoms with Gasteiger partial charge in [-0.25, -0.2) is 0 Å². The van der Waals surface area contributed by atoms with Crippen molar-refractivity contribution < 1.29 is 28.3 Å². The third kappa shape index (κ3) is 3.72. The van der Waals surface area contributed by atoms with Gasteiger partial charge >= 0.3 is 168 Å². The van der Waals surface area contributed by atoms with Crippen LogP contribution in [0.1, 0.15) is 19.8 Å². The summed E-state index contributed by atoms with van der Waals surface area (Å²) in [6, 6.07) is 27.9. The van der Waals surface area contributed by atoms with Gasteiger partial charge < -0.3 is 0 Å². The number of hydrogen-bond acceptors (Lipinski definition) is 4. The first kappa shape index (κ1) is 20.9. The molecule has 0 saturated heterocycles. The molecule has 3 aromatic carbocycles. The van der Waals surface area contributed by atoms with Crippen LogP contribution in [0.2, 0.25) is 0 Å². The molecule has 28 heavy (non-hydrogen) atoms. The Morgan fingerprint density at radius 3 is 1.32 bits per heavy atom. The van der Waals surface area contributed by atoms with Crippen LogP contribution in [-0.4, -0.2) is 6.16 Å². The molecule has 0 amide bonds. The summed E-state index contributed by atoms with van der Waals surface area (Å²) < 4.78 is 42.3. The van der Waals surface area contributed by atoms with Crippen molar-refractivity contribution in [1.29, 1.82) is 0 Å². The van der Waals surface area contributed by atoms with Crippen molar-refractivity contribution in [3.8, 4) is 0 Å². The maximum absolute atomic E-state index is 12.2. The van der Waals surface area contributed by atoms with Gasteiger partial charge in [-0.05, 0) is 0 Å². The van der Waals surface area contributed by atoms with E-state index in [1.165, 1.54) is 0 Å². The van der Waals surface area contributed by atoms with Gasteiger partial charge in [0.1, 0.15) is 0 Å². The summed E-state index contributed by atoms with van der Waals surface area (Å²) >= 11 is 0. The monoisotopic (exact) mass is 418 g/mol. The van der Waals surface area contributed by atoms with Crippen LogP contribution in [-0.2, 0) is 4.08 Å². The molecule has 0 radical (unpaired) electrons. The zero-order valence-electron chi connectivity index (χ0n) is 15.7. The summed E-state index contributed by atoms with van der Waals surface area (Å²) in [5.41, 5.74) is 0. The minimum atomic E-state index is -4.68. The van der Waals surface area contributed by atoms with Gasteiger partial charge in [0, 0.05) is 0 Å². The maximum atomic E-state index is 12.2. The van der Waals surface area contributed by atoms with Gasteiger partial charge in [0.05, 0.1) is 0 Å². The molecule has 0 bridgehead atoms. The van der Waals surface area contributed by atoms with Gasteiger partial charge in [-0.3, -0.25) is 0 Å². The van der Waals surface area contributed by atoms with Crippen LogP contribution in [0.4, 0.5) is 0 Å². The summed E-state index contributed by atoms with van der Waals surface area (Å²) in [4.78, 5) is 0. The molecule has 4 nitrogen and oxygen atoms in total. The van der Waals surface area contributed by atoms with Crippen LogP contribution in [0, 0.1) is 10.2 Å². The Balaban J connectivity index is 2.50. The fourth-order valence-electron chi connectivity index (χ4n) is 3.86. The second-order valence-electron chi connectivity index (χ2n) is 6.74. The summed E-state index contributed by atoms with van der Waals surface area (Å²) in [5.74, 6) is 0. The third-order valence-corrected chi connectivity index (χ3v) is 12.3. The van der Waals surface area contributed by atoms with E-state index in [9.17, 15) is 14.0 Å². The van der Waals surface area contributed by atoms with Crippen LogP contribution >= 0.6 is 6.83 Å². The Bertz CT molecular complexity index is 783. The molecule has 0 aliphatic carbocycles. The van der Waals surface area contributed by atoms with E-state index in [4.69, 9.17) is 4.08 Å². The van der Waals surface area contributed by atoms with E-state index in [1.807, 2.05) is 97.9 Å². The second kappa shape index (κ2) is 8.30. The first-order valence-electron chi connectivity index (χ1n) is 9.23. The van der Waals surface area contributed by atoms with Gasteiger partial charge in [-0.15, -0.1) is 0 Å². The van der Waals surface area contributed by atoms with Crippen molar-refractivity contribution in [2.24, 2.45) is 0 Å². The minimum absolute atomic E-state index is 0.425. The van der Waals surface area contributed by atoms with E-state index < -0.39 is 17.1 Å². The molecule has 6 heteroatoms. The average Bonchev–Trinajstić information content (AvgIpc) is 2.72. The van der Waals surface area contributed by atoms with E-state index in [1.54, 1.807) is 0 Å². The van der Waals surface area contributed by atoms with E-state index >= 15 is 0 Å². The number of halogens is 1. The van der Waals surface area contributed by atoms with Gasteiger partial charge in [0.15, 0.2) is 0 Å². The van der Waals surface area contributed by atoms with Gasteiger partial charge in [0.25, 0.3) is 0 Å². The molecule has 0 aliphatic heterocycles. The normalized spacial score (nSPS) is 13.6. The van der Waals surface area contributed by atoms with Crippen LogP contribution in [0.5, 0.6) is 0 Å². The first-order valence-corrected chi connectivity index (χ1v) is 12.8. The van der Waals surface area contributed by atoms with Crippen molar-refractivity contribution in [2.75, 3.05) is 6.16 Å². The molecule has 3 rings (SSSR count). The molecule has 3 aromatic rings. The van der Waals surface area contributed by atoms with Crippen molar-refractivity contribution in [3.63, 3.8) is 0 Å². The predicted molar refractivity (Wildman–Crippen MR) is 106 cm³/mol. The SMILES string of the molecule is CCCCP(O[Cl+3]([O-])([O-])[O-])(c1ccccc1)(c1ccccc1)c1ccccc1. The fraction of sp³-hybridized carbons (Fsp3) is 0.182. The quantitative estimate of drug-likeness (QED) is 0.514. The molecule has 148 valence electrons. The summed E-state index contributed by atoms with van der Waals surface area (Å²) in [7, 11) is -4.68. The Morgan fingerprint density at radius 1 is 0.679 bits per heavy atom. The van der Waals surface area contributed by atoms with Crippen LogP contribution < -0.4 is 29.9 Å². The molecule has 0 aromatic heterocycles. The molecule has 0 spiro atoms. The molecule has 0 unspecified atom stereocenters. The van der Waals surface area contributed by atoms with E-state index in [0.717, 1.165) is 22.3 Å². The molecular weight excluding hydrogens is 395 g/mol. The zero-order chi connectivity index (χ0) is 20.1. The topological polar surface area (TPSA) is 78.4 Å². The van der Waals surface area contributed by atoms with Gasteiger partial charge in [0.2, 0.25) is 0 Å². The Kier molecular flexibility index (Phi) is 6.21. The molecule has 0 saturated carbocycles. The number of benzene rings is 3. The summed E-state index contributed by atoms with van der Waals surface area (Å²) in [6.45, 7) is -2.02. The Morgan fingerprint density at radius 2 is 1.04 bits per heavy atom. The average molecular weight is 419 g/mol. The number of hydrogen-bond donors (Lipinski definition) is 0. The fourth-order valence-corrected chi connectivity index (χ4v) is 11.6. The van der Waals surface area contributed by atoms with Gasteiger partial charge in [-0.1, -0.05) is 0 Å². The molecule has 0 fully saturated rings.